The number of rotatable bonds is 6. The first-order valence-electron chi connectivity index (χ1n) is 7.42. The molecule has 0 unspecified atom stereocenters. The van der Waals surface area contributed by atoms with Gasteiger partial charge in [-0.05, 0) is 42.5 Å². The fraction of sp³-hybridized carbons (Fsp3) is 0.188. The van der Waals surface area contributed by atoms with Crippen molar-refractivity contribution in [3.8, 4) is 0 Å². The third-order valence-electron chi connectivity index (χ3n) is 3.31. The highest BCUT2D eigenvalue weighted by molar-refractivity contribution is 6.31. The number of halogens is 4. The predicted molar refractivity (Wildman–Crippen MR) is 94.9 cm³/mol. The molecule has 2 aromatic carbocycles. The van der Waals surface area contributed by atoms with Gasteiger partial charge in [-0.25, -0.2) is 11.0 Å². The van der Waals surface area contributed by atoms with Gasteiger partial charge in [0.1, 0.15) is 0 Å². The number of hydrazone groups is 1. The molecule has 0 fully saturated rings. The second-order valence-electron chi connectivity index (χ2n) is 5.26. The van der Waals surface area contributed by atoms with Crippen LogP contribution in [0.15, 0.2) is 47.6 Å². The number of amidine groups is 1. The Labute approximate surface area is 152 Å². The third kappa shape index (κ3) is 5.25. The fourth-order valence-corrected chi connectivity index (χ4v) is 2.25. The number of anilines is 2. The molecule has 0 spiro atoms. The molecule has 2 rings (SSSR count). The summed E-state index contributed by atoms with van der Waals surface area (Å²) in [6, 6.07) is 9.30. The predicted octanol–water partition coefficient (Wildman–Crippen LogP) is 2.89. The summed E-state index contributed by atoms with van der Waals surface area (Å²) in [4.78, 5) is 0. The number of hydrogen-bond donors (Lipinski definition) is 4. The third-order valence-corrected chi connectivity index (χ3v) is 3.55. The van der Waals surface area contributed by atoms with E-state index in [1.807, 2.05) is 0 Å². The molecule has 2 aromatic rings. The summed E-state index contributed by atoms with van der Waals surface area (Å²) < 4.78 is 37.9. The van der Waals surface area contributed by atoms with E-state index in [0.717, 1.165) is 17.3 Å². The summed E-state index contributed by atoms with van der Waals surface area (Å²) in [6.45, 7) is -0.136. The molecule has 0 saturated heterocycles. The Hall–Kier alpha value is -2.49. The number of aliphatic hydroxyl groups excluding tert-OH is 1. The van der Waals surface area contributed by atoms with Crippen LogP contribution in [0.25, 0.3) is 0 Å². The Morgan fingerprint density at radius 3 is 2.42 bits per heavy atom. The number of benzene rings is 2. The lowest BCUT2D eigenvalue weighted by molar-refractivity contribution is -0.137. The zero-order valence-corrected chi connectivity index (χ0v) is 14.2. The Kier molecular flexibility index (Phi) is 6.30. The lowest BCUT2D eigenvalue weighted by Crippen LogP contribution is -2.32. The van der Waals surface area contributed by atoms with Gasteiger partial charge in [-0.1, -0.05) is 11.6 Å². The number of nitrogens with one attached hydrogen (secondary N) is 1. The standard InChI is InChI=1S/C16H17ClF3N5O/c17-11-3-6-14(13(9-11)15(21)24-25(22)7-8-26)23-12-4-1-10(2-5-12)16(18,19)20/h1-6,9,23,26H,7-8,22H2,(H2,21,24). The van der Waals surface area contributed by atoms with E-state index >= 15 is 0 Å². The highest BCUT2D eigenvalue weighted by Crippen LogP contribution is 2.31. The molecule has 0 saturated carbocycles. The van der Waals surface area contributed by atoms with Crippen LogP contribution in [0, 0.1) is 0 Å². The molecule has 0 aliphatic rings. The summed E-state index contributed by atoms with van der Waals surface area (Å²) in [7, 11) is 0. The lowest BCUT2D eigenvalue weighted by Gasteiger charge is -2.16. The normalized spacial score (nSPS) is 12.2. The van der Waals surface area contributed by atoms with E-state index < -0.39 is 11.7 Å². The minimum absolute atomic E-state index is 0.0258. The van der Waals surface area contributed by atoms with Crippen molar-refractivity contribution in [3.05, 3.63) is 58.6 Å². The highest BCUT2D eigenvalue weighted by atomic mass is 35.5. The second-order valence-corrected chi connectivity index (χ2v) is 5.70. The largest absolute Gasteiger partial charge is 0.416 e. The molecule has 0 aromatic heterocycles. The van der Waals surface area contributed by atoms with Gasteiger partial charge in [-0.3, -0.25) is 0 Å². The Balaban J connectivity index is 2.30. The van der Waals surface area contributed by atoms with Crippen molar-refractivity contribution in [3.63, 3.8) is 0 Å². The lowest BCUT2D eigenvalue weighted by atomic mass is 10.1. The Morgan fingerprint density at radius 1 is 1.19 bits per heavy atom. The van der Waals surface area contributed by atoms with Crippen LogP contribution in [0.1, 0.15) is 11.1 Å². The van der Waals surface area contributed by atoms with Gasteiger partial charge < -0.3 is 16.2 Å². The molecular weight excluding hydrogens is 371 g/mol. The molecule has 0 atom stereocenters. The van der Waals surface area contributed by atoms with Crippen molar-refractivity contribution in [1.29, 1.82) is 0 Å². The summed E-state index contributed by atoms with van der Waals surface area (Å²) in [5.41, 5.74) is 6.50. The number of hydrazine groups is 1. The Bertz CT molecular complexity index is 780. The van der Waals surface area contributed by atoms with Crippen LogP contribution in [0.3, 0.4) is 0 Å². The Morgan fingerprint density at radius 2 is 1.85 bits per heavy atom. The van der Waals surface area contributed by atoms with Gasteiger partial charge in [-0.15, -0.1) is 5.10 Å². The molecule has 10 heteroatoms. The molecule has 0 heterocycles. The van der Waals surface area contributed by atoms with E-state index in [2.05, 4.69) is 10.4 Å². The molecule has 0 radical (unpaired) electrons. The number of nitrogens with two attached hydrogens (primary N) is 2. The van der Waals surface area contributed by atoms with Crippen LogP contribution in [-0.2, 0) is 6.18 Å². The summed E-state index contributed by atoms with van der Waals surface area (Å²) >= 11 is 5.98. The number of aliphatic hydroxyl groups is 1. The fourth-order valence-electron chi connectivity index (χ4n) is 2.08. The van der Waals surface area contributed by atoms with E-state index in [0.29, 0.717) is 22.0 Å². The molecule has 26 heavy (non-hydrogen) atoms. The van der Waals surface area contributed by atoms with Crippen LogP contribution in [-0.4, -0.2) is 29.2 Å². The van der Waals surface area contributed by atoms with Crippen molar-refractivity contribution in [1.82, 2.24) is 5.12 Å². The van der Waals surface area contributed by atoms with Crippen LogP contribution in [0.5, 0.6) is 0 Å². The summed E-state index contributed by atoms with van der Waals surface area (Å²) in [5, 5.41) is 17.1. The van der Waals surface area contributed by atoms with Crippen molar-refractivity contribution < 1.29 is 18.3 Å². The van der Waals surface area contributed by atoms with Gasteiger partial charge in [0.25, 0.3) is 0 Å². The molecule has 0 amide bonds. The minimum Gasteiger partial charge on any atom is -0.394 e. The van der Waals surface area contributed by atoms with Crippen molar-refractivity contribution in [2.24, 2.45) is 16.7 Å². The minimum atomic E-state index is -4.40. The average molecular weight is 388 g/mol. The molecule has 0 aliphatic carbocycles. The van der Waals surface area contributed by atoms with E-state index in [-0.39, 0.29) is 19.0 Å². The topological polar surface area (TPSA) is 99.9 Å². The van der Waals surface area contributed by atoms with Gasteiger partial charge in [0, 0.05) is 22.0 Å². The van der Waals surface area contributed by atoms with Gasteiger partial charge >= 0.3 is 6.18 Å². The highest BCUT2D eigenvalue weighted by Gasteiger charge is 2.29. The number of alkyl halides is 3. The van der Waals surface area contributed by atoms with Crippen molar-refractivity contribution in [2.75, 3.05) is 18.5 Å². The zero-order valence-electron chi connectivity index (χ0n) is 13.5. The summed E-state index contributed by atoms with van der Waals surface area (Å²) in [6.07, 6.45) is -4.40. The van der Waals surface area contributed by atoms with Crippen molar-refractivity contribution >= 4 is 28.8 Å². The quantitative estimate of drug-likeness (QED) is 0.264. The monoisotopic (exact) mass is 387 g/mol. The van der Waals surface area contributed by atoms with E-state index in [4.69, 9.17) is 28.3 Å². The molecule has 140 valence electrons. The molecule has 0 aliphatic heterocycles. The smallest absolute Gasteiger partial charge is 0.394 e. The van der Waals surface area contributed by atoms with Gasteiger partial charge in [-0.2, -0.15) is 13.2 Å². The van der Waals surface area contributed by atoms with Crippen LogP contribution in [0.2, 0.25) is 5.02 Å². The SMILES string of the molecule is N/C(=N\N(N)CCO)c1cc(Cl)ccc1Nc1ccc(C(F)(F)F)cc1. The first-order chi connectivity index (χ1) is 12.2. The average Bonchev–Trinajstić information content (AvgIpc) is 2.56. The number of nitrogens with zero attached hydrogens (tertiary/aromatic N) is 2. The van der Waals surface area contributed by atoms with E-state index in [1.54, 1.807) is 18.2 Å². The first-order valence-corrected chi connectivity index (χ1v) is 7.80. The maximum Gasteiger partial charge on any atom is 0.416 e. The van der Waals surface area contributed by atoms with Gasteiger partial charge in [0.05, 0.1) is 18.7 Å². The molecule has 6 nitrogen and oxygen atoms in total. The second kappa shape index (κ2) is 8.26. The maximum atomic E-state index is 12.6. The van der Waals surface area contributed by atoms with Crippen LogP contribution >= 0.6 is 11.6 Å². The van der Waals surface area contributed by atoms with Crippen LogP contribution < -0.4 is 16.9 Å². The molecular formula is C16H17ClF3N5O. The summed E-state index contributed by atoms with van der Waals surface area (Å²) in [5.74, 6) is 5.59. The first kappa shape index (κ1) is 19.8. The maximum absolute atomic E-state index is 12.6. The van der Waals surface area contributed by atoms with Crippen molar-refractivity contribution in [2.45, 2.75) is 6.18 Å². The number of hydrogen-bond acceptors (Lipinski definition) is 5. The molecule has 6 N–H and O–H groups in total. The molecule has 0 bridgehead atoms. The van der Waals surface area contributed by atoms with Gasteiger partial charge in [0.2, 0.25) is 0 Å². The van der Waals surface area contributed by atoms with Gasteiger partial charge in [0.15, 0.2) is 5.84 Å². The van der Waals surface area contributed by atoms with Crippen LogP contribution in [0.4, 0.5) is 24.5 Å². The van der Waals surface area contributed by atoms with E-state index in [9.17, 15) is 13.2 Å². The van der Waals surface area contributed by atoms with E-state index in [1.165, 1.54) is 12.1 Å². The zero-order chi connectivity index (χ0) is 19.3.